The van der Waals surface area contributed by atoms with Crippen molar-refractivity contribution in [1.82, 2.24) is 9.55 Å². The van der Waals surface area contributed by atoms with Gasteiger partial charge in [-0.1, -0.05) is 54.6 Å². The SMILES string of the molecule is COc1ccc(C(Nc2ccn([C@@H]3O[C@H](CNc4c(OC)c(=O)c4=O)[C@@H](O)[C@H]3O)c(=O)n2)(c2ccccc2)c2ccc(OC)cc2)cc1. The molecule has 48 heavy (non-hydrogen) atoms. The zero-order valence-electron chi connectivity index (χ0n) is 26.3. The summed E-state index contributed by atoms with van der Waals surface area (Å²) in [6.07, 6.45) is -3.80. The minimum atomic E-state index is -1.49. The van der Waals surface area contributed by atoms with Gasteiger partial charge in [0.25, 0.3) is 10.9 Å². The summed E-state index contributed by atoms with van der Waals surface area (Å²) in [6.45, 7) is -0.138. The first-order chi connectivity index (χ1) is 23.2. The molecule has 1 fully saturated rings. The molecule has 2 heterocycles. The van der Waals surface area contributed by atoms with Crippen LogP contribution in [0.15, 0.2) is 106 Å². The summed E-state index contributed by atoms with van der Waals surface area (Å²) in [4.78, 5) is 41.4. The quantitative estimate of drug-likeness (QED) is 0.114. The maximum Gasteiger partial charge on any atom is 0.351 e. The molecule has 0 unspecified atom stereocenters. The fourth-order valence-electron chi connectivity index (χ4n) is 6.01. The van der Waals surface area contributed by atoms with Gasteiger partial charge in [0, 0.05) is 12.7 Å². The first-order valence-corrected chi connectivity index (χ1v) is 15.1. The Morgan fingerprint density at radius 3 is 1.90 bits per heavy atom. The molecule has 248 valence electrons. The highest BCUT2D eigenvalue weighted by molar-refractivity contribution is 5.62. The van der Waals surface area contributed by atoms with E-state index in [4.69, 9.17) is 18.9 Å². The van der Waals surface area contributed by atoms with Crippen molar-refractivity contribution in [3.05, 3.63) is 139 Å². The Labute approximate surface area is 274 Å². The Bertz CT molecular complexity index is 1960. The van der Waals surface area contributed by atoms with Crippen molar-refractivity contribution in [2.75, 3.05) is 38.5 Å². The largest absolute Gasteiger partial charge is 0.497 e. The molecule has 0 amide bonds. The lowest BCUT2D eigenvalue weighted by molar-refractivity contribution is -0.0362. The average Bonchev–Trinajstić information content (AvgIpc) is 3.41. The minimum absolute atomic E-state index is 0.0406. The fraction of sp³-hybridized carbons (Fsp3) is 0.257. The normalized spacial score (nSPS) is 19.2. The minimum Gasteiger partial charge on any atom is -0.497 e. The molecule has 1 aliphatic heterocycles. The number of aliphatic hydroxyl groups is 2. The fourth-order valence-corrected chi connectivity index (χ4v) is 6.01. The number of benzene rings is 3. The average molecular weight is 655 g/mol. The molecule has 5 aromatic rings. The van der Waals surface area contributed by atoms with Gasteiger partial charge in [-0.2, -0.15) is 4.98 Å². The third kappa shape index (κ3) is 5.68. The Morgan fingerprint density at radius 2 is 1.35 bits per heavy atom. The van der Waals surface area contributed by atoms with Crippen LogP contribution >= 0.6 is 0 Å². The summed E-state index contributed by atoms with van der Waals surface area (Å²) < 4.78 is 22.7. The van der Waals surface area contributed by atoms with Crippen molar-refractivity contribution < 1.29 is 29.2 Å². The summed E-state index contributed by atoms with van der Waals surface area (Å²) in [6, 6.07) is 26.4. The van der Waals surface area contributed by atoms with Crippen LogP contribution in [0.3, 0.4) is 0 Å². The lowest BCUT2D eigenvalue weighted by atomic mass is 9.77. The van der Waals surface area contributed by atoms with E-state index >= 15 is 0 Å². The molecule has 13 heteroatoms. The molecule has 4 N–H and O–H groups in total. The van der Waals surface area contributed by atoms with Crippen molar-refractivity contribution in [2.45, 2.75) is 30.1 Å². The second-order valence-electron chi connectivity index (χ2n) is 11.2. The molecule has 1 aromatic heterocycles. The van der Waals surface area contributed by atoms with Gasteiger partial charge in [-0.3, -0.25) is 14.2 Å². The Kier molecular flexibility index (Phi) is 9.00. The van der Waals surface area contributed by atoms with Crippen LogP contribution < -0.4 is 41.4 Å². The van der Waals surface area contributed by atoms with Gasteiger partial charge in [0.2, 0.25) is 0 Å². The van der Waals surface area contributed by atoms with Crippen LogP contribution in [0.2, 0.25) is 0 Å². The molecule has 1 saturated heterocycles. The number of nitrogens with zero attached hydrogens (tertiary/aromatic N) is 2. The molecule has 0 bridgehead atoms. The van der Waals surface area contributed by atoms with E-state index in [1.165, 1.54) is 13.3 Å². The maximum atomic E-state index is 13.5. The van der Waals surface area contributed by atoms with E-state index in [2.05, 4.69) is 15.6 Å². The second kappa shape index (κ2) is 13.3. The summed E-state index contributed by atoms with van der Waals surface area (Å²) >= 11 is 0. The smallest absolute Gasteiger partial charge is 0.351 e. The molecule has 1 aliphatic rings. The zero-order valence-corrected chi connectivity index (χ0v) is 26.3. The Balaban J connectivity index is 1.34. The van der Waals surface area contributed by atoms with Gasteiger partial charge in [-0.15, -0.1) is 0 Å². The zero-order chi connectivity index (χ0) is 34.0. The van der Waals surface area contributed by atoms with Gasteiger partial charge in [-0.05, 0) is 47.0 Å². The van der Waals surface area contributed by atoms with Gasteiger partial charge in [0.1, 0.15) is 46.9 Å². The van der Waals surface area contributed by atoms with Gasteiger partial charge < -0.3 is 39.8 Å². The van der Waals surface area contributed by atoms with Crippen molar-refractivity contribution in [3.8, 4) is 17.2 Å². The first-order valence-electron chi connectivity index (χ1n) is 15.1. The molecule has 13 nitrogen and oxygen atoms in total. The lowest BCUT2D eigenvalue weighted by Crippen LogP contribution is -2.40. The van der Waals surface area contributed by atoms with Crippen LogP contribution in [0.5, 0.6) is 17.2 Å². The second-order valence-corrected chi connectivity index (χ2v) is 11.2. The summed E-state index contributed by atoms with van der Waals surface area (Å²) in [5, 5.41) is 27.8. The number of aromatic nitrogens is 2. The van der Waals surface area contributed by atoms with Gasteiger partial charge in [-0.25, -0.2) is 4.79 Å². The monoisotopic (exact) mass is 654 g/mol. The van der Waals surface area contributed by atoms with Crippen LogP contribution in [0, 0.1) is 0 Å². The molecule has 4 atom stereocenters. The van der Waals surface area contributed by atoms with Crippen molar-refractivity contribution in [1.29, 1.82) is 0 Å². The van der Waals surface area contributed by atoms with Gasteiger partial charge in [0.05, 0.1) is 21.3 Å². The Morgan fingerprint density at radius 1 is 0.771 bits per heavy atom. The molecule has 0 spiro atoms. The standard InChI is InChI=1S/C35H34N4O9/c1-45-23-13-9-21(10-14-23)35(20-7-5-4-6-8-20,22-11-15-24(46-2)16-12-22)38-26-17-18-39(34(44)37-26)33-31(43)28(40)25(48-33)19-36-27-29(41)30(42)32(27)47-3/h4-18,25,28,31,33,36,40,43H,19H2,1-3H3,(H,37,38,44)/t25-,28-,31-,33-/m1/s1. The van der Waals surface area contributed by atoms with Crippen molar-refractivity contribution in [3.63, 3.8) is 0 Å². The van der Waals surface area contributed by atoms with Gasteiger partial charge in [0.15, 0.2) is 12.0 Å². The number of hydrogen-bond donors (Lipinski definition) is 4. The van der Waals surface area contributed by atoms with E-state index < -0.39 is 46.6 Å². The van der Waals surface area contributed by atoms with Gasteiger partial charge >= 0.3 is 5.69 Å². The van der Waals surface area contributed by atoms with Crippen molar-refractivity contribution >= 4 is 11.5 Å². The van der Waals surface area contributed by atoms with Crippen LogP contribution in [0.4, 0.5) is 11.5 Å². The number of nitrogens with one attached hydrogen (secondary N) is 2. The number of rotatable bonds is 12. The molecule has 0 saturated carbocycles. The van der Waals surface area contributed by atoms with E-state index in [0.717, 1.165) is 21.3 Å². The summed E-state index contributed by atoms with van der Waals surface area (Å²) in [7, 11) is 4.45. The third-order valence-corrected chi connectivity index (χ3v) is 8.56. The van der Waals surface area contributed by atoms with Crippen LogP contribution in [0.25, 0.3) is 0 Å². The number of methoxy groups -OCH3 is 3. The van der Waals surface area contributed by atoms with E-state index in [0.29, 0.717) is 11.5 Å². The van der Waals surface area contributed by atoms with Crippen LogP contribution in [-0.2, 0) is 10.3 Å². The van der Waals surface area contributed by atoms with Crippen LogP contribution in [0.1, 0.15) is 22.9 Å². The van der Waals surface area contributed by atoms with E-state index in [-0.39, 0.29) is 23.8 Å². The lowest BCUT2D eigenvalue weighted by Gasteiger charge is -2.37. The van der Waals surface area contributed by atoms with E-state index in [1.54, 1.807) is 20.3 Å². The molecular weight excluding hydrogens is 620 g/mol. The highest BCUT2D eigenvalue weighted by atomic mass is 16.6. The molecule has 0 radical (unpaired) electrons. The first kappa shape index (κ1) is 32.4. The highest BCUT2D eigenvalue weighted by Gasteiger charge is 2.44. The summed E-state index contributed by atoms with van der Waals surface area (Å²) in [5.74, 6) is 1.45. The number of hydrogen-bond acceptors (Lipinski definition) is 12. The Hall–Kier alpha value is -5.50. The van der Waals surface area contributed by atoms with E-state index in [9.17, 15) is 24.6 Å². The topological polar surface area (TPSA) is 170 Å². The molecular formula is C35H34N4O9. The van der Waals surface area contributed by atoms with Crippen LogP contribution in [-0.4, -0.2) is 66.0 Å². The number of aliphatic hydroxyl groups excluding tert-OH is 2. The number of ether oxygens (including phenoxy) is 4. The summed E-state index contributed by atoms with van der Waals surface area (Å²) in [5.41, 5.74) is -0.825. The number of anilines is 2. The molecule has 4 aromatic carbocycles. The predicted molar refractivity (Wildman–Crippen MR) is 177 cm³/mol. The maximum absolute atomic E-state index is 13.5. The third-order valence-electron chi connectivity index (χ3n) is 8.56. The molecule has 6 rings (SSSR count). The van der Waals surface area contributed by atoms with Crippen molar-refractivity contribution in [2.24, 2.45) is 0 Å². The molecule has 0 aliphatic carbocycles. The highest BCUT2D eigenvalue weighted by Crippen LogP contribution is 2.41. The predicted octanol–water partition coefficient (Wildman–Crippen LogP) is 2.00. The van der Waals surface area contributed by atoms with E-state index in [1.807, 2.05) is 78.9 Å².